The van der Waals surface area contributed by atoms with Crippen molar-refractivity contribution >= 4 is 33.1 Å². The SMILES string of the molecule is [2H]C([2H])([2H])C#CC(=O)N1CC(C)(N2CCC(c3cc(C)c4c(c3)Nc3ncnc(N5CCS(=O)(=O)CC5)c3[C@@H](C)O4)CC2)C1. The zero-order chi connectivity index (χ0) is 31.4. The summed E-state index contributed by atoms with van der Waals surface area (Å²) in [5.74, 6) is 6.62. The second-order valence-corrected chi connectivity index (χ2v) is 14.2. The number of sulfone groups is 1. The molecule has 2 aromatic rings. The molecule has 0 bridgehead atoms. The van der Waals surface area contributed by atoms with Gasteiger partial charge in [0.15, 0.2) is 9.84 Å². The van der Waals surface area contributed by atoms with Crippen LogP contribution < -0.4 is 15.0 Å². The zero-order valence-corrected chi connectivity index (χ0v) is 24.6. The molecule has 1 aromatic heterocycles. The monoisotopic (exact) mass is 581 g/mol. The van der Waals surface area contributed by atoms with Crippen molar-refractivity contribution in [2.45, 2.75) is 58.0 Å². The molecule has 10 nitrogen and oxygen atoms in total. The maximum Gasteiger partial charge on any atom is 0.298 e. The van der Waals surface area contributed by atoms with Crippen molar-refractivity contribution in [1.29, 1.82) is 0 Å². The Morgan fingerprint density at radius 2 is 1.90 bits per heavy atom. The number of hydrogen-bond acceptors (Lipinski definition) is 9. The molecule has 0 radical (unpaired) electrons. The van der Waals surface area contributed by atoms with E-state index in [4.69, 9.17) is 8.85 Å². The summed E-state index contributed by atoms with van der Waals surface area (Å²) in [6, 6.07) is 4.37. The van der Waals surface area contributed by atoms with Crippen LogP contribution in [0.25, 0.3) is 0 Å². The molecule has 41 heavy (non-hydrogen) atoms. The van der Waals surface area contributed by atoms with E-state index >= 15 is 0 Å². The number of benzene rings is 1. The largest absolute Gasteiger partial charge is 0.483 e. The Bertz CT molecular complexity index is 1630. The first-order valence-corrected chi connectivity index (χ1v) is 16.0. The first-order valence-electron chi connectivity index (χ1n) is 15.7. The second-order valence-electron chi connectivity index (χ2n) is 11.9. The molecule has 0 spiro atoms. The number of anilines is 3. The molecule has 1 amide bonds. The quantitative estimate of drug-likeness (QED) is 0.548. The van der Waals surface area contributed by atoms with Crippen molar-refractivity contribution in [1.82, 2.24) is 19.8 Å². The van der Waals surface area contributed by atoms with Gasteiger partial charge in [0.1, 0.15) is 29.8 Å². The molecule has 3 fully saturated rings. The van der Waals surface area contributed by atoms with Crippen LogP contribution in [0.3, 0.4) is 0 Å². The predicted molar refractivity (Wildman–Crippen MR) is 158 cm³/mol. The highest BCUT2D eigenvalue weighted by Crippen LogP contribution is 2.45. The number of aromatic nitrogens is 2. The van der Waals surface area contributed by atoms with Crippen LogP contribution in [-0.2, 0) is 14.6 Å². The van der Waals surface area contributed by atoms with Gasteiger partial charge in [-0.2, -0.15) is 0 Å². The number of carbonyl (C=O) groups is 1. The van der Waals surface area contributed by atoms with E-state index in [1.807, 2.05) is 11.8 Å². The summed E-state index contributed by atoms with van der Waals surface area (Å²) in [5, 5.41) is 3.52. The Morgan fingerprint density at radius 3 is 2.61 bits per heavy atom. The van der Waals surface area contributed by atoms with Gasteiger partial charge in [0.25, 0.3) is 5.91 Å². The van der Waals surface area contributed by atoms with Crippen LogP contribution in [0.4, 0.5) is 17.3 Å². The van der Waals surface area contributed by atoms with Crippen LogP contribution >= 0.6 is 0 Å². The van der Waals surface area contributed by atoms with E-state index < -0.39 is 22.6 Å². The van der Waals surface area contributed by atoms with E-state index in [1.165, 1.54) is 11.9 Å². The molecule has 0 saturated carbocycles. The summed E-state index contributed by atoms with van der Waals surface area (Å²) in [4.78, 5) is 27.5. The van der Waals surface area contributed by atoms with Crippen molar-refractivity contribution in [3.05, 3.63) is 35.2 Å². The lowest BCUT2D eigenvalue weighted by Crippen LogP contribution is -2.70. The van der Waals surface area contributed by atoms with Gasteiger partial charge in [0, 0.05) is 30.3 Å². The Labute approximate surface area is 246 Å². The number of hydrogen-bond donors (Lipinski definition) is 1. The number of piperidine rings is 1. The van der Waals surface area contributed by atoms with Crippen molar-refractivity contribution in [2.24, 2.45) is 0 Å². The van der Waals surface area contributed by atoms with Crippen molar-refractivity contribution < 1.29 is 22.1 Å². The van der Waals surface area contributed by atoms with Crippen LogP contribution in [0.2, 0.25) is 0 Å². The lowest BCUT2D eigenvalue weighted by Gasteiger charge is -2.55. The van der Waals surface area contributed by atoms with Crippen LogP contribution in [0.1, 0.15) is 66.4 Å². The highest BCUT2D eigenvalue weighted by atomic mass is 32.2. The van der Waals surface area contributed by atoms with Crippen molar-refractivity contribution in [3.8, 4) is 17.6 Å². The summed E-state index contributed by atoms with van der Waals surface area (Å²) in [6.07, 6.45) is 3.12. The van der Waals surface area contributed by atoms with Crippen molar-refractivity contribution in [2.75, 3.05) is 61.0 Å². The highest BCUT2D eigenvalue weighted by molar-refractivity contribution is 7.91. The summed E-state index contributed by atoms with van der Waals surface area (Å²) >= 11 is 0. The molecule has 218 valence electrons. The van der Waals surface area contributed by atoms with E-state index in [2.05, 4.69) is 58.0 Å². The number of nitrogens with zero attached hydrogens (tertiary/aromatic N) is 5. The van der Waals surface area contributed by atoms with Gasteiger partial charge in [-0.1, -0.05) is 12.0 Å². The van der Waals surface area contributed by atoms with Gasteiger partial charge < -0.3 is 19.9 Å². The molecule has 0 unspecified atom stereocenters. The third kappa shape index (κ3) is 5.24. The van der Waals surface area contributed by atoms with Gasteiger partial charge in [0.05, 0.1) is 28.3 Å². The standard InChI is InChI=1S/C30H38N6O4S/c1-5-6-25(37)35-17-30(4,18-35)36-9-7-22(8-10-36)23-15-20(2)27-24(16-23)33-28-26(21(3)40-27)29(32-19-31-28)34-11-13-41(38,39)14-12-34/h15-16,19,21-22H,7-14,17-18H2,1-4H3,(H,31,32,33)/t21-/m1/s1/i1D3. The van der Waals surface area contributed by atoms with Gasteiger partial charge in [0.2, 0.25) is 0 Å². The fraction of sp³-hybridized carbons (Fsp3) is 0.567. The first kappa shape index (κ1) is 24.3. The maximum absolute atomic E-state index is 12.3. The molecule has 6 rings (SSSR count). The summed E-state index contributed by atoms with van der Waals surface area (Å²) in [7, 11) is -3.03. The predicted octanol–water partition coefficient (Wildman–Crippen LogP) is 3.02. The number of aryl methyl sites for hydroxylation is 1. The first-order chi connectivity index (χ1) is 20.7. The lowest BCUT2D eigenvalue weighted by atomic mass is 9.83. The topological polar surface area (TPSA) is 108 Å². The summed E-state index contributed by atoms with van der Waals surface area (Å²) < 4.78 is 52.1. The van der Waals surface area contributed by atoms with Crippen LogP contribution in [0.15, 0.2) is 18.5 Å². The molecule has 1 N–H and O–H groups in total. The van der Waals surface area contributed by atoms with E-state index in [-0.39, 0.29) is 23.1 Å². The molecule has 3 saturated heterocycles. The second kappa shape index (κ2) is 10.5. The van der Waals surface area contributed by atoms with E-state index in [0.717, 1.165) is 48.5 Å². The normalized spacial score (nSPS) is 24.9. The molecule has 1 aromatic carbocycles. The molecule has 4 aliphatic heterocycles. The van der Waals surface area contributed by atoms with Gasteiger partial charge >= 0.3 is 0 Å². The molecule has 11 heteroatoms. The third-order valence-electron chi connectivity index (χ3n) is 9.01. The molecular weight excluding hydrogens is 540 g/mol. The summed E-state index contributed by atoms with van der Waals surface area (Å²) in [6.45, 7) is 7.40. The Kier molecular flexibility index (Phi) is 6.20. The molecule has 4 aliphatic rings. The molecule has 1 atom stereocenters. The smallest absolute Gasteiger partial charge is 0.298 e. The van der Waals surface area contributed by atoms with Gasteiger partial charge in [-0.05, 0) is 82.6 Å². The number of ether oxygens (including phenoxy) is 1. The fourth-order valence-corrected chi connectivity index (χ4v) is 7.89. The van der Waals surface area contributed by atoms with Crippen LogP contribution in [0, 0.1) is 18.8 Å². The van der Waals surface area contributed by atoms with E-state index in [0.29, 0.717) is 43.7 Å². The average Bonchev–Trinajstić information content (AvgIpc) is 3.10. The minimum absolute atomic E-state index is 0.104. The van der Waals surface area contributed by atoms with Crippen molar-refractivity contribution in [3.63, 3.8) is 0 Å². The number of nitrogens with one attached hydrogen (secondary N) is 1. The molecule has 5 heterocycles. The lowest BCUT2D eigenvalue weighted by molar-refractivity contribution is -0.139. The Morgan fingerprint density at radius 1 is 1.17 bits per heavy atom. The van der Waals surface area contributed by atoms with Gasteiger partial charge in [-0.25, -0.2) is 18.4 Å². The molecule has 0 aliphatic carbocycles. The highest BCUT2D eigenvalue weighted by Gasteiger charge is 2.46. The van der Waals surface area contributed by atoms with Crippen LogP contribution in [0.5, 0.6) is 5.75 Å². The average molecular weight is 582 g/mol. The number of carbonyl (C=O) groups excluding carboxylic acids is 1. The number of likely N-dealkylation sites (tertiary alicyclic amines) is 2. The number of amides is 1. The maximum atomic E-state index is 12.3. The summed E-state index contributed by atoms with van der Waals surface area (Å²) in [5.41, 5.74) is 3.81. The molecular formula is C30H38N6O4S. The van der Waals surface area contributed by atoms with E-state index in [9.17, 15) is 13.2 Å². The third-order valence-corrected chi connectivity index (χ3v) is 10.6. The Hall–Kier alpha value is -3.36. The minimum atomic E-state index is -3.03. The van der Waals surface area contributed by atoms with Gasteiger partial charge in [-0.15, -0.1) is 0 Å². The minimum Gasteiger partial charge on any atom is -0.483 e. The van der Waals surface area contributed by atoms with E-state index in [1.54, 1.807) is 4.90 Å². The van der Waals surface area contributed by atoms with Gasteiger partial charge in [-0.3, -0.25) is 9.69 Å². The van der Waals surface area contributed by atoms with Crippen LogP contribution in [-0.4, -0.2) is 90.4 Å². The number of fused-ring (bicyclic) bond motifs is 2. The number of rotatable bonds is 3. The Balaban J connectivity index is 1.14. The zero-order valence-electron chi connectivity index (χ0n) is 26.7. The fourth-order valence-electron chi connectivity index (χ4n) is 6.69.